The Bertz CT molecular complexity index is 1110. The van der Waals surface area contributed by atoms with Crippen LogP contribution < -0.4 is 4.90 Å². The molecule has 2 fully saturated rings. The van der Waals surface area contributed by atoms with Gasteiger partial charge in [0.15, 0.2) is 5.76 Å². The summed E-state index contributed by atoms with van der Waals surface area (Å²) >= 11 is 0. The van der Waals surface area contributed by atoms with Gasteiger partial charge in [-0.2, -0.15) is 0 Å². The van der Waals surface area contributed by atoms with E-state index < -0.39 is 0 Å². The molecule has 1 amide bonds. The summed E-state index contributed by atoms with van der Waals surface area (Å²) in [4.78, 5) is 40.9. The lowest BCUT2D eigenvalue weighted by Crippen LogP contribution is -2.48. The van der Waals surface area contributed by atoms with Crippen molar-refractivity contribution in [3.05, 3.63) is 54.0 Å². The van der Waals surface area contributed by atoms with Gasteiger partial charge in [0.1, 0.15) is 0 Å². The van der Waals surface area contributed by atoms with Crippen molar-refractivity contribution in [3.8, 4) is 0 Å². The normalized spacial score (nSPS) is 17.6. The minimum atomic E-state index is -0.301. The zero-order valence-corrected chi connectivity index (χ0v) is 25.6. The first kappa shape index (κ1) is 31.8. The molecular weight excluding hydrogens is 532 g/mol. The molecule has 42 heavy (non-hydrogen) atoms. The Labute approximate surface area is 250 Å². The number of likely N-dealkylation sites (tertiary alicyclic amines) is 1. The summed E-state index contributed by atoms with van der Waals surface area (Å²) in [5, 5.41) is 0. The molecule has 1 saturated heterocycles. The number of nitrogens with zero attached hydrogens (tertiary/aromatic N) is 2. The molecule has 230 valence electrons. The van der Waals surface area contributed by atoms with E-state index in [0.29, 0.717) is 19.0 Å². The number of rotatable bonds is 13. The van der Waals surface area contributed by atoms with Crippen LogP contribution in [0, 0.1) is 18.3 Å². The fraction of sp³-hybridized carbons (Fsp3) is 0.618. The summed E-state index contributed by atoms with van der Waals surface area (Å²) in [7, 11) is 0. The number of piperidine rings is 1. The summed E-state index contributed by atoms with van der Waals surface area (Å²) in [6.45, 7) is 8.43. The van der Waals surface area contributed by atoms with Crippen LogP contribution in [0.4, 0.5) is 5.69 Å². The smallest absolute Gasteiger partial charge is 0.302 e. The van der Waals surface area contributed by atoms with E-state index in [9.17, 15) is 14.4 Å². The Morgan fingerprint density at radius 1 is 0.952 bits per heavy atom. The van der Waals surface area contributed by atoms with Crippen LogP contribution >= 0.6 is 0 Å². The van der Waals surface area contributed by atoms with Crippen LogP contribution in [0.3, 0.4) is 0 Å². The standard InChI is InChI=1S/C34H48N2O6/c1-26-9-11-30(12-10-26)36(33(39)32-8-7-23-40-32)31-14-20-35(21-15-31)22-19-34(16-5-4-6-17-34)18-13-29(24-41-27(2)37)25-42-28(3)38/h7-12,23,29,31H,4-6,13-22,24-25H2,1-3H3. The van der Waals surface area contributed by atoms with Crippen molar-refractivity contribution >= 4 is 23.5 Å². The molecule has 8 nitrogen and oxygen atoms in total. The number of anilines is 1. The zero-order valence-electron chi connectivity index (χ0n) is 25.6. The number of furan rings is 1. The lowest BCUT2D eigenvalue weighted by atomic mass is 9.68. The maximum Gasteiger partial charge on any atom is 0.302 e. The van der Waals surface area contributed by atoms with E-state index in [4.69, 9.17) is 13.9 Å². The number of benzene rings is 1. The molecule has 4 rings (SSSR count). The molecule has 0 atom stereocenters. The first-order valence-electron chi connectivity index (χ1n) is 15.7. The van der Waals surface area contributed by atoms with E-state index in [2.05, 4.69) is 24.0 Å². The van der Waals surface area contributed by atoms with Crippen molar-refractivity contribution < 1.29 is 28.3 Å². The summed E-state index contributed by atoms with van der Waals surface area (Å²) in [5.41, 5.74) is 2.35. The second-order valence-electron chi connectivity index (χ2n) is 12.4. The first-order valence-corrected chi connectivity index (χ1v) is 15.7. The highest BCUT2D eigenvalue weighted by Gasteiger charge is 2.35. The lowest BCUT2D eigenvalue weighted by molar-refractivity contribution is -0.146. The fourth-order valence-electron chi connectivity index (χ4n) is 6.64. The third kappa shape index (κ3) is 9.18. The molecular formula is C34H48N2O6. The monoisotopic (exact) mass is 580 g/mol. The van der Waals surface area contributed by atoms with Crippen LogP contribution in [0.2, 0.25) is 0 Å². The van der Waals surface area contributed by atoms with Gasteiger partial charge in [0.25, 0.3) is 5.91 Å². The second-order valence-corrected chi connectivity index (χ2v) is 12.4. The molecule has 1 aromatic carbocycles. The molecule has 0 N–H and O–H groups in total. The predicted octanol–water partition coefficient (Wildman–Crippen LogP) is 6.56. The van der Waals surface area contributed by atoms with E-state index in [-0.39, 0.29) is 35.2 Å². The van der Waals surface area contributed by atoms with Gasteiger partial charge >= 0.3 is 11.9 Å². The van der Waals surface area contributed by atoms with Crippen LogP contribution in [0.25, 0.3) is 0 Å². The Morgan fingerprint density at radius 2 is 1.60 bits per heavy atom. The molecule has 0 unspecified atom stereocenters. The second kappa shape index (κ2) is 15.4. The van der Waals surface area contributed by atoms with Crippen molar-refractivity contribution in [3.63, 3.8) is 0 Å². The SMILES string of the molecule is CC(=O)OCC(CCC1(CCN2CCC(N(C(=O)c3ccco3)c3ccc(C)cc3)CC2)CCCCC1)COC(C)=O. The van der Waals surface area contributed by atoms with Crippen molar-refractivity contribution in [2.45, 2.75) is 91.0 Å². The average Bonchev–Trinajstić information content (AvgIpc) is 3.53. The van der Waals surface area contributed by atoms with E-state index in [1.54, 1.807) is 18.4 Å². The maximum atomic E-state index is 13.5. The number of hydrogen-bond acceptors (Lipinski definition) is 7. The minimum absolute atomic E-state index is 0.0202. The van der Waals surface area contributed by atoms with Crippen LogP contribution in [0.5, 0.6) is 0 Å². The molecule has 1 aliphatic carbocycles. The van der Waals surface area contributed by atoms with Gasteiger partial charge in [0, 0.05) is 44.6 Å². The third-order valence-corrected chi connectivity index (χ3v) is 9.19. The third-order valence-electron chi connectivity index (χ3n) is 9.19. The number of esters is 2. The number of amides is 1. The zero-order chi connectivity index (χ0) is 30.0. The van der Waals surface area contributed by atoms with Gasteiger partial charge < -0.3 is 23.7 Å². The fourth-order valence-corrected chi connectivity index (χ4v) is 6.64. The molecule has 0 spiro atoms. The Balaban J connectivity index is 1.35. The molecule has 8 heteroatoms. The van der Waals surface area contributed by atoms with Crippen LogP contribution in [-0.2, 0) is 19.1 Å². The van der Waals surface area contributed by atoms with Crippen molar-refractivity contribution in [1.29, 1.82) is 0 Å². The first-order chi connectivity index (χ1) is 20.2. The van der Waals surface area contributed by atoms with Gasteiger partial charge in [-0.1, -0.05) is 37.0 Å². The minimum Gasteiger partial charge on any atom is -0.465 e. The largest absolute Gasteiger partial charge is 0.465 e. The molecule has 2 heterocycles. The number of carbonyl (C=O) groups excluding carboxylic acids is 3. The van der Waals surface area contributed by atoms with Gasteiger partial charge in [0.2, 0.25) is 0 Å². The molecule has 1 aromatic heterocycles. The van der Waals surface area contributed by atoms with E-state index in [1.807, 2.05) is 17.0 Å². The average molecular weight is 581 g/mol. The van der Waals surface area contributed by atoms with Gasteiger partial charge in [0.05, 0.1) is 19.5 Å². The molecule has 2 aliphatic rings. The lowest BCUT2D eigenvalue weighted by Gasteiger charge is -2.42. The molecule has 1 saturated carbocycles. The summed E-state index contributed by atoms with van der Waals surface area (Å²) in [6, 6.07) is 11.8. The van der Waals surface area contributed by atoms with Crippen molar-refractivity contribution in [2.75, 3.05) is 37.7 Å². The summed E-state index contributed by atoms with van der Waals surface area (Å²) in [5.74, 6) is -0.291. The highest BCUT2D eigenvalue weighted by molar-refractivity contribution is 6.04. The van der Waals surface area contributed by atoms with Gasteiger partial charge in [-0.15, -0.1) is 0 Å². The molecule has 0 bridgehead atoms. The Hall–Kier alpha value is -3.13. The quantitative estimate of drug-likeness (QED) is 0.248. The highest BCUT2D eigenvalue weighted by atomic mass is 16.5. The number of carbonyl (C=O) groups is 3. The van der Waals surface area contributed by atoms with Crippen LogP contribution in [0.1, 0.15) is 94.2 Å². The molecule has 2 aromatic rings. The maximum absolute atomic E-state index is 13.5. The number of aryl methyl sites for hydroxylation is 1. The Kier molecular flexibility index (Phi) is 11.6. The molecule has 0 radical (unpaired) electrons. The predicted molar refractivity (Wildman–Crippen MR) is 162 cm³/mol. The van der Waals surface area contributed by atoms with Crippen molar-refractivity contribution in [1.82, 2.24) is 4.90 Å². The summed E-state index contributed by atoms with van der Waals surface area (Å²) < 4.78 is 16.1. The van der Waals surface area contributed by atoms with Crippen LogP contribution in [0.15, 0.2) is 47.1 Å². The van der Waals surface area contributed by atoms with E-state index in [0.717, 1.165) is 57.4 Å². The van der Waals surface area contributed by atoms with Gasteiger partial charge in [-0.05, 0) is 88.1 Å². The summed E-state index contributed by atoms with van der Waals surface area (Å²) in [6.07, 6.45) is 12.7. The van der Waals surface area contributed by atoms with Crippen molar-refractivity contribution in [2.24, 2.45) is 11.3 Å². The van der Waals surface area contributed by atoms with Crippen LogP contribution in [-0.4, -0.2) is 61.6 Å². The van der Waals surface area contributed by atoms with Gasteiger partial charge in [-0.3, -0.25) is 14.4 Å². The number of ether oxygens (including phenoxy) is 2. The number of hydrogen-bond donors (Lipinski definition) is 0. The van der Waals surface area contributed by atoms with E-state index in [1.165, 1.54) is 51.5 Å². The molecule has 1 aliphatic heterocycles. The topological polar surface area (TPSA) is 89.3 Å². The highest BCUT2D eigenvalue weighted by Crippen LogP contribution is 2.44. The van der Waals surface area contributed by atoms with Gasteiger partial charge in [-0.25, -0.2) is 0 Å². The Morgan fingerprint density at radius 3 is 2.17 bits per heavy atom. The van der Waals surface area contributed by atoms with E-state index >= 15 is 0 Å².